The minimum Gasteiger partial charge on any atom is -0.478 e. The lowest BCUT2D eigenvalue weighted by molar-refractivity contribution is 0.0693. The smallest absolute Gasteiger partial charge is 0.339 e. The van der Waals surface area contributed by atoms with Crippen LogP contribution in [0.2, 0.25) is 5.02 Å². The maximum absolute atomic E-state index is 11.0. The molecular formula is C14H14ClNO3. The highest BCUT2D eigenvalue weighted by Gasteiger charge is 2.15. The molecule has 100 valence electrons. The van der Waals surface area contributed by atoms with E-state index in [1.165, 1.54) is 12.3 Å². The predicted octanol–water partition coefficient (Wildman–Crippen LogP) is 3.26. The van der Waals surface area contributed by atoms with Crippen molar-refractivity contribution in [2.75, 3.05) is 7.05 Å². The fourth-order valence-corrected chi connectivity index (χ4v) is 2.11. The van der Waals surface area contributed by atoms with Gasteiger partial charge in [0.2, 0.25) is 0 Å². The first-order valence-corrected chi connectivity index (χ1v) is 6.16. The van der Waals surface area contributed by atoms with Gasteiger partial charge in [0.25, 0.3) is 0 Å². The molecule has 0 amide bonds. The molecule has 0 aliphatic carbocycles. The molecule has 0 bridgehead atoms. The third-order valence-corrected chi connectivity index (χ3v) is 2.97. The van der Waals surface area contributed by atoms with Crippen molar-refractivity contribution < 1.29 is 14.3 Å². The SMILES string of the molecule is CN(Cc1cccc(Cl)c1)Cc1occc1C(=O)O. The van der Waals surface area contributed by atoms with Gasteiger partial charge in [-0.3, -0.25) is 4.90 Å². The van der Waals surface area contributed by atoms with Gasteiger partial charge in [-0.05, 0) is 30.8 Å². The number of hydrogen-bond acceptors (Lipinski definition) is 3. The van der Waals surface area contributed by atoms with Crippen molar-refractivity contribution in [2.24, 2.45) is 0 Å². The van der Waals surface area contributed by atoms with Crippen LogP contribution in [0.15, 0.2) is 41.0 Å². The maximum atomic E-state index is 11.0. The molecule has 1 aromatic carbocycles. The quantitative estimate of drug-likeness (QED) is 0.913. The van der Waals surface area contributed by atoms with E-state index in [2.05, 4.69) is 0 Å². The molecule has 0 unspecified atom stereocenters. The van der Waals surface area contributed by atoms with Gasteiger partial charge in [0, 0.05) is 11.6 Å². The Labute approximate surface area is 116 Å². The molecule has 0 saturated heterocycles. The van der Waals surface area contributed by atoms with Crippen LogP contribution in [0.1, 0.15) is 21.7 Å². The van der Waals surface area contributed by atoms with Crippen molar-refractivity contribution in [2.45, 2.75) is 13.1 Å². The number of halogens is 1. The molecule has 19 heavy (non-hydrogen) atoms. The molecular weight excluding hydrogens is 266 g/mol. The Kier molecular flexibility index (Phi) is 4.24. The molecule has 1 N–H and O–H groups in total. The van der Waals surface area contributed by atoms with Crippen LogP contribution in [0, 0.1) is 0 Å². The molecule has 0 fully saturated rings. The molecule has 0 radical (unpaired) electrons. The number of carbonyl (C=O) groups is 1. The van der Waals surface area contributed by atoms with Crippen molar-refractivity contribution in [1.82, 2.24) is 4.90 Å². The lowest BCUT2D eigenvalue weighted by Crippen LogP contribution is -2.18. The average Bonchev–Trinajstić information content (AvgIpc) is 2.76. The fourth-order valence-electron chi connectivity index (χ4n) is 1.90. The average molecular weight is 280 g/mol. The predicted molar refractivity (Wildman–Crippen MR) is 72.3 cm³/mol. The molecule has 5 heteroatoms. The van der Waals surface area contributed by atoms with Crippen LogP contribution in [0.5, 0.6) is 0 Å². The van der Waals surface area contributed by atoms with Crippen LogP contribution in [0.3, 0.4) is 0 Å². The normalized spacial score (nSPS) is 10.9. The first-order chi connectivity index (χ1) is 9.06. The van der Waals surface area contributed by atoms with E-state index in [0.29, 0.717) is 23.9 Å². The van der Waals surface area contributed by atoms with Gasteiger partial charge >= 0.3 is 5.97 Å². The Bertz CT molecular complexity index is 580. The first kappa shape index (κ1) is 13.6. The van der Waals surface area contributed by atoms with Crippen molar-refractivity contribution in [3.8, 4) is 0 Å². The molecule has 1 heterocycles. The van der Waals surface area contributed by atoms with Gasteiger partial charge in [-0.25, -0.2) is 4.79 Å². The van der Waals surface area contributed by atoms with E-state index in [9.17, 15) is 4.79 Å². The fraction of sp³-hybridized carbons (Fsp3) is 0.214. The van der Waals surface area contributed by atoms with Crippen LogP contribution in [0.25, 0.3) is 0 Å². The zero-order valence-corrected chi connectivity index (χ0v) is 11.2. The van der Waals surface area contributed by atoms with E-state index in [-0.39, 0.29) is 5.56 Å². The Morgan fingerprint density at radius 3 is 2.84 bits per heavy atom. The topological polar surface area (TPSA) is 53.7 Å². The van der Waals surface area contributed by atoms with E-state index in [4.69, 9.17) is 21.1 Å². The van der Waals surface area contributed by atoms with Crippen molar-refractivity contribution >= 4 is 17.6 Å². The molecule has 2 rings (SSSR count). The van der Waals surface area contributed by atoms with Crippen LogP contribution in [-0.2, 0) is 13.1 Å². The zero-order chi connectivity index (χ0) is 13.8. The lowest BCUT2D eigenvalue weighted by Gasteiger charge is -2.15. The molecule has 4 nitrogen and oxygen atoms in total. The van der Waals surface area contributed by atoms with E-state index in [0.717, 1.165) is 5.56 Å². The number of carboxylic acids is 1. The van der Waals surface area contributed by atoms with Crippen LogP contribution >= 0.6 is 11.6 Å². The minimum atomic E-state index is -0.972. The molecule has 0 aliphatic heterocycles. The Morgan fingerprint density at radius 2 is 2.16 bits per heavy atom. The number of benzene rings is 1. The molecule has 0 atom stereocenters. The highest BCUT2D eigenvalue weighted by Crippen LogP contribution is 2.16. The second-order valence-corrected chi connectivity index (χ2v) is 4.80. The van der Waals surface area contributed by atoms with Gasteiger partial charge in [-0.2, -0.15) is 0 Å². The summed E-state index contributed by atoms with van der Waals surface area (Å²) in [4.78, 5) is 12.9. The highest BCUT2D eigenvalue weighted by molar-refractivity contribution is 6.30. The van der Waals surface area contributed by atoms with E-state index in [1.54, 1.807) is 0 Å². The monoisotopic (exact) mass is 279 g/mol. The summed E-state index contributed by atoms with van der Waals surface area (Å²) < 4.78 is 5.21. The largest absolute Gasteiger partial charge is 0.478 e. The van der Waals surface area contributed by atoms with E-state index >= 15 is 0 Å². The van der Waals surface area contributed by atoms with Gasteiger partial charge in [0.1, 0.15) is 11.3 Å². The minimum absolute atomic E-state index is 0.206. The van der Waals surface area contributed by atoms with Gasteiger partial charge in [0.15, 0.2) is 0 Å². The number of carboxylic acid groups (broad SMARTS) is 1. The standard InChI is InChI=1S/C14H14ClNO3/c1-16(8-10-3-2-4-11(15)7-10)9-13-12(14(17)18)5-6-19-13/h2-7H,8-9H2,1H3,(H,17,18). The highest BCUT2D eigenvalue weighted by atomic mass is 35.5. The number of nitrogens with zero attached hydrogens (tertiary/aromatic N) is 1. The summed E-state index contributed by atoms with van der Waals surface area (Å²) in [6, 6.07) is 9.03. The van der Waals surface area contributed by atoms with Gasteiger partial charge in [-0.1, -0.05) is 23.7 Å². The van der Waals surface area contributed by atoms with Crippen LogP contribution in [-0.4, -0.2) is 23.0 Å². The summed E-state index contributed by atoms with van der Waals surface area (Å²) in [5.41, 5.74) is 1.27. The van der Waals surface area contributed by atoms with Crippen molar-refractivity contribution in [1.29, 1.82) is 0 Å². The van der Waals surface area contributed by atoms with Gasteiger partial charge < -0.3 is 9.52 Å². The van der Waals surface area contributed by atoms with E-state index in [1.807, 2.05) is 36.2 Å². The van der Waals surface area contributed by atoms with Crippen molar-refractivity contribution in [3.05, 3.63) is 58.5 Å². The summed E-state index contributed by atoms with van der Waals surface area (Å²) in [5, 5.41) is 9.69. The van der Waals surface area contributed by atoms with E-state index < -0.39 is 5.97 Å². The summed E-state index contributed by atoms with van der Waals surface area (Å²) in [7, 11) is 1.90. The Hall–Kier alpha value is -1.78. The molecule has 0 spiro atoms. The van der Waals surface area contributed by atoms with Gasteiger partial charge in [-0.15, -0.1) is 0 Å². The number of aromatic carboxylic acids is 1. The third-order valence-electron chi connectivity index (χ3n) is 2.73. The molecule has 2 aromatic rings. The second kappa shape index (κ2) is 5.91. The second-order valence-electron chi connectivity index (χ2n) is 4.36. The maximum Gasteiger partial charge on any atom is 0.339 e. The summed E-state index contributed by atoms with van der Waals surface area (Å²) in [6.07, 6.45) is 1.39. The summed E-state index contributed by atoms with van der Waals surface area (Å²) in [6.45, 7) is 1.10. The van der Waals surface area contributed by atoms with Crippen LogP contribution < -0.4 is 0 Å². The van der Waals surface area contributed by atoms with Crippen LogP contribution in [0.4, 0.5) is 0 Å². The number of hydrogen-bond donors (Lipinski definition) is 1. The summed E-state index contributed by atoms with van der Waals surface area (Å²) >= 11 is 5.92. The third kappa shape index (κ3) is 3.59. The molecule has 1 aromatic heterocycles. The van der Waals surface area contributed by atoms with Gasteiger partial charge in [0.05, 0.1) is 12.8 Å². The molecule has 0 aliphatic rings. The Morgan fingerprint density at radius 1 is 1.37 bits per heavy atom. The molecule has 0 saturated carbocycles. The lowest BCUT2D eigenvalue weighted by atomic mass is 10.2. The first-order valence-electron chi connectivity index (χ1n) is 5.79. The summed E-state index contributed by atoms with van der Waals surface area (Å²) in [5.74, 6) is -0.517. The van der Waals surface area contributed by atoms with Crippen molar-refractivity contribution in [3.63, 3.8) is 0 Å². The zero-order valence-electron chi connectivity index (χ0n) is 10.5. The Balaban J connectivity index is 2.03. The number of rotatable bonds is 5. The number of furan rings is 1.